The molecule has 0 heterocycles. The van der Waals surface area contributed by atoms with Crippen LogP contribution in [0.15, 0.2) is 0 Å². The molecule has 0 aromatic heterocycles. The van der Waals surface area contributed by atoms with Crippen LogP contribution in [0, 0.1) is 11.3 Å². The molecule has 0 radical (unpaired) electrons. The number of carbonyl (C=O) groups is 1. The maximum Gasteiger partial charge on any atom is 0.237 e. The third-order valence-electron chi connectivity index (χ3n) is 2.95. The van der Waals surface area contributed by atoms with Crippen LogP contribution in [0.3, 0.4) is 0 Å². The Kier molecular flexibility index (Phi) is 7.60. The molecule has 4 nitrogen and oxygen atoms in total. The summed E-state index contributed by atoms with van der Waals surface area (Å²) < 4.78 is 0. The van der Waals surface area contributed by atoms with Gasteiger partial charge in [-0.3, -0.25) is 4.79 Å². The van der Waals surface area contributed by atoms with Gasteiger partial charge in [0, 0.05) is 19.1 Å². The fourth-order valence-electron chi connectivity index (χ4n) is 2.28. The molecule has 0 aliphatic rings. The lowest BCUT2D eigenvalue weighted by atomic mass is 9.92. The summed E-state index contributed by atoms with van der Waals surface area (Å²) in [5.41, 5.74) is 0.0819. The van der Waals surface area contributed by atoms with Gasteiger partial charge in [-0.15, -0.1) is 0 Å². The van der Waals surface area contributed by atoms with E-state index in [1.807, 2.05) is 0 Å². The minimum absolute atomic E-state index is 0.0819. The normalized spacial score (nSPS) is 14.3. The number of amides is 1. The predicted molar refractivity (Wildman–Crippen MR) is 82.2 cm³/mol. The van der Waals surface area contributed by atoms with Crippen molar-refractivity contribution in [1.82, 2.24) is 15.5 Å². The van der Waals surface area contributed by atoms with E-state index in [4.69, 9.17) is 0 Å². The van der Waals surface area contributed by atoms with E-state index in [2.05, 4.69) is 71.2 Å². The summed E-state index contributed by atoms with van der Waals surface area (Å²) in [4.78, 5) is 14.4. The van der Waals surface area contributed by atoms with E-state index in [-0.39, 0.29) is 17.4 Å². The molecule has 0 aromatic rings. The number of nitrogens with one attached hydrogen (secondary N) is 2. The van der Waals surface area contributed by atoms with Crippen LogP contribution in [0.2, 0.25) is 0 Å². The van der Waals surface area contributed by atoms with Crippen molar-refractivity contribution in [3.8, 4) is 0 Å². The zero-order chi connectivity index (χ0) is 15.2. The molecule has 0 aliphatic heterocycles. The monoisotopic (exact) mass is 271 g/mol. The first-order chi connectivity index (χ1) is 8.55. The quantitative estimate of drug-likeness (QED) is 0.706. The molecule has 1 atom stereocenters. The van der Waals surface area contributed by atoms with Gasteiger partial charge in [0.1, 0.15) is 0 Å². The highest BCUT2D eigenvalue weighted by Crippen LogP contribution is 2.14. The van der Waals surface area contributed by atoms with Crippen LogP contribution in [0.25, 0.3) is 0 Å². The van der Waals surface area contributed by atoms with Crippen molar-refractivity contribution < 1.29 is 4.79 Å². The number of rotatable bonds is 8. The van der Waals surface area contributed by atoms with Crippen molar-refractivity contribution in [2.45, 2.75) is 53.6 Å². The molecule has 0 saturated heterocycles. The fraction of sp³-hybridized carbons (Fsp3) is 0.933. The first kappa shape index (κ1) is 18.4. The van der Waals surface area contributed by atoms with Gasteiger partial charge in [0.25, 0.3) is 0 Å². The molecule has 0 saturated carbocycles. The van der Waals surface area contributed by atoms with Crippen LogP contribution >= 0.6 is 0 Å². The standard InChI is InChI=1S/C15H33N3O/c1-11(2)13(17-12(3)4)14(19)16-9-15(5,6)10-18(7)8/h11-13,17H,9-10H2,1-8H3,(H,16,19)/t13-/m1/s1. The number of carbonyl (C=O) groups excluding carboxylic acids is 1. The molecule has 19 heavy (non-hydrogen) atoms. The molecule has 2 N–H and O–H groups in total. The zero-order valence-corrected chi connectivity index (χ0v) is 14.0. The lowest BCUT2D eigenvalue weighted by Crippen LogP contribution is -2.52. The Balaban J connectivity index is 4.41. The van der Waals surface area contributed by atoms with Gasteiger partial charge >= 0.3 is 0 Å². The van der Waals surface area contributed by atoms with Crippen molar-refractivity contribution in [2.75, 3.05) is 27.2 Å². The van der Waals surface area contributed by atoms with Gasteiger partial charge in [0.15, 0.2) is 0 Å². The highest BCUT2D eigenvalue weighted by molar-refractivity contribution is 5.82. The first-order valence-electron chi connectivity index (χ1n) is 7.23. The number of nitrogens with zero attached hydrogens (tertiary/aromatic N) is 1. The van der Waals surface area contributed by atoms with Crippen molar-refractivity contribution in [3.05, 3.63) is 0 Å². The van der Waals surface area contributed by atoms with Gasteiger partial charge < -0.3 is 15.5 Å². The largest absolute Gasteiger partial charge is 0.354 e. The molecule has 0 fully saturated rings. The highest BCUT2D eigenvalue weighted by atomic mass is 16.2. The molecular weight excluding hydrogens is 238 g/mol. The molecule has 0 bridgehead atoms. The topological polar surface area (TPSA) is 44.4 Å². The average Bonchev–Trinajstić information content (AvgIpc) is 2.20. The zero-order valence-electron chi connectivity index (χ0n) is 14.0. The van der Waals surface area contributed by atoms with Crippen molar-refractivity contribution in [2.24, 2.45) is 11.3 Å². The smallest absolute Gasteiger partial charge is 0.237 e. The SMILES string of the molecule is CC(C)N[C@@H](C(=O)NCC(C)(C)CN(C)C)C(C)C. The minimum atomic E-state index is -0.116. The van der Waals surface area contributed by atoms with Gasteiger partial charge in [0.05, 0.1) is 6.04 Å². The van der Waals surface area contributed by atoms with E-state index in [0.717, 1.165) is 6.54 Å². The maximum absolute atomic E-state index is 12.3. The molecule has 4 heteroatoms. The Hall–Kier alpha value is -0.610. The summed E-state index contributed by atoms with van der Waals surface area (Å²) >= 11 is 0. The summed E-state index contributed by atoms with van der Waals surface area (Å²) in [5.74, 6) is 0.398. The molecule has 0 rings (SSSR count). The van der Waals surface area contributed by atoms with E-state index < -0.39 is 0 Å². The van der Waals surface area contributed by atoms with Gasteiger partial charge in [-0.2, -0.15) is 0 Å². The van der Waals surface area contributed by atoms with Crippen molar-refractivity contribution in [3.63, 3.8) is 0 Å². The molecule has 0 aromatic carbocycles. The van der Waals surface area contributed by atoms with Gasteiger partial charge in [-0.25, -0.2) is 0 Å². The van der Waals surface area contributed by atoms with E-state index >= 15 is 0 Å². The van der Waals surface area contributed by atoms with Crippen molar-refractivity contribution in [1.29, 1.82) is 0 Å². The summed E-state index contributed by atoms with van der Waals surface area (Å²) in [6.07, 6.45) is 0. The number of hydrogen-bond acceptors (Lipinski definition) is 3. The van der Waals surface area contributed by atoms with Crippen LogP contribution in [0.5, 0.6) is 0 Å². The molecule has 0 unspecified atom stereocenters. The van der Waals surface area contributed by atoms with Crippen LogP contribution in [0.1, 0.15) is 41.5 Å². The van der Waals surface area contributed by atoms with E-state index in [1.165, 1.54) is 0 Å². The van der Waals surface area contributed by atoms with E-state index in [1.54, 1.807) is 0 Å². The van der Waals surface area contributed by atoms with Crippen LogP contribution in [0.4, 0.5) is 0 Å². The van der Waals surface area contributed by atoms with Crippen LogP contribution in [-0.4, -0.2) is 50.1 Å². The minimum Gasteiger partial charge on any atom is -0.354 e. The van der Waals surface area contributed by atoms with Gasteiger partial charge in [-0.05, 0) is 25.4 Å². The van der Waals surface area contributed by atoms with Crippen LogP contribution in [-0.2, 0) is 4.79 Å². The fourth-order valence-corrected chi connectivity index (χ4v) is 2.28. The lowest BCUT2D eigenvalue weighted by molar-refractivity contribution is -0.124. The van der Waals surface area contributed by atoms with Gasteiger partial charge in [-0.1, -0.05) is 41.5 Å². The van der Waals surface area contributed by atoms with Crippen molar-refractivity contribution >= 4 is 5.91 Å². The second-order valence-corrected chi connectivity index (χ2v) is 7.16. The molecule has 0 spiro atoms. The summed E-state index contributed by atoms with van der Waals surface area (Å²) in [5, 5.41) is 6.42. The third kappa shape index (κ3) is 8.22. The maximum atomic E-state index is 12.3. The molecule has 0 aliphatic carbocycles. The lowest BCUT2D eigenvalue weighted by Gasteiger charge is -2.30. The van der Waals surface area contributed by atoms with E-state index in [9.17, 15) is 4.79 Å². The summed E-state index contributed by atoms with van der Waals surface area (Å²) in [6, 6.07) is 0.197. The van der Waals surface area contributed by atoms with E-state index in [0.29, 0.717) is 18.5 Å². The summed E-state index contributed by atoms with van der Waals surface area (Å²) in [6.45, 7) is 14.3. The predicted octanol–water partition coefficient (Wildman–Crippen LogP) is 1.71. The Morgan fingerprint density at radius 1 is 1.16 bits per heavy atom. The molecule has 1 amide bonds. The second-order valence-electron chi connectivity index (χ2n) is 7.16. The molecular formula is C15H33N3O. The van der Waals surface area contributed by atoms with Gasteiger partial charge in [0.2, 0.25) is 5.91 Å². The Bertz CT molecular complexity index is 273. The summed E-state index contributed by atoms with van der Waals surface area (Å²) in [7, 11) is 4.11. The second kappa shape index (κ2) is 7.85. The first-order valence-corrected chi connectivity index (χ1v) is 7.23. The average molecular weight is 271 g/mol. The highest BCUT2D eigenvalue weighted by Gasteiger charge is 2.25. The Morgan fingerprint density at radius 2 is 1.68 bits per heavy atom. The third-order valence-corrected chi connectivity index (χ3v) is 2.95. The number of hydrogen-bond donors (Lipinski definition) is 2. The van der Waals surface area contributed by atoms with Crippen LogP contribution < -0.4 is 10.6 Å². The Morgan fingerprint density at radius 3 is 2.05 bits per heavy atom. The molecule has 114 valence electrons. The Labute approximate surface area is 119 Å².